The van der Waals surface area contributed by atoms with Crippen molar-refractivity contribution in [3.8, 4) is 11.3 Å². The maximum Gasteiger partial charge on any atom is 0.274 e. The van der Waals surface area contributed by atoms with Gasteiger partial charge < -0.3 is 15.0 Å². The van der Waals surface area contributed by atoms with Crippen molar-refractivity contribution in [2.45, 2.75) is 26.3 Å². The second-order valence-electron chi connectivity index (χ2n) is 8.36. The molecule has 2 N–H and O–H groups in total. The number of carbonyl (C=O) groups excluding carboxylic acids is 2. The molecule has 3 heterocycles. The smallest absolute Gasteiger partial charge is 0.274 e. The van der Waals surface area contributed by atoms with E-state index in [0.29, 0.717) is 11.3 Å². The summed E-state index contributed by atoms with van der Waals surface area (Å²) < 4.78 is 3.29. The van der Waals surface area contributed by atoms with Gasteiger partial charge in [0, 0.05) is 42.3 Å². The van der Waals surface area contributed by atoms with Gasteiger partial charge in [-0.05, 0) is 26.8 Å². The molecule has 8 nitrogen and oxygen atoms in total. The number of aromatic nitrogens is 4. The third-order valence-corrected chi connectivity index (χ3v) is 4.67. The van der Waals surface area contributed by atoms with Crippen LogP contribution in [0.1, 0.15) is 41.6 Å². The number of pyridine rings is 1. The molecular weight excluding hydrogens is 392 g/mol. The summed E-state index contributed by atoms with van der Waals surface area (Å²) in [4.78, 5) is 30.2. The van der Waals surface area contributed by atoms with Crippen LogP contribution in [-0.4, -0.2) is 36.5 Å². The third kappa shape index (κ3) is 4.32. The van der Waals surface area contributed by atoms with E-state index in [-0.39, 0.29) is 17.2 Å². The number of hydrogen-bond acceptors (Lipinski definition) is 4. The standard InChI is InChI=1S/C23H24N6O2/c1-23(2,3)27-21(30)17-13-24-28(4)20(17)22(31)25-16-10-11-29-14-18(26-19(29)12-16)15-8-6-5-7-9-15/h5-14H,1-4H3,(H,25,31)(H,27,30). The van der Waals surface area contributed by atoms with Crippen molar-refractivity contribution in [1.82, 2.24) is 24.5 Å². The fourth-order valence-electron chi connectivity index (χ4n) is 3.28. The predicted octanol–water partition coefficient (Wildman–Crippen LogP) is 3.52. The lowest BCUT2D eigenvalue weighted by Gasteiger charge is -2.20. The van der Waals surface area contributed by atoms with Gasteiger partial charge in [-0.3, -0.25) is 14.3 Å². The molecule has 0 fully saturated rings. The van der Waals surface area contributed by atoms with Crippen molar-refractivity contribution < 1.29 is 9.59 Å². The van der Waals surface area contributed by atoms with Crippen molar-refractivity contribution in [2.75, 3.05) is 5.32 Å². The van der Waals surface area contributed by atoms with Crippen molar-refractivity contribution in [2.24, 2.45) is 7.05 Å². The van der Waals surface area contributed by atoms with Gasteiger partial charge in [-0.15, -0.1) is 0 Å². The number of fused-ring (bicyclic) bond motifs is 1. The van der Waals surface area contributed by atoms with Crippen LogP contribution in [0.5, 0.6) is 0 Å². The Morgan fingerprint density at radius 2 is 1.77 bits per heavy atom. The fraction of sp³-hybridized carbons (Fsp3) is 0.217. The minimum atomic E-state index is -0.428. The average Bonchev–Trinajstić information content (AvgIpc) is 3.30. The summed E-state index contributed by atoms with van der Waals surface area (Å²) in [5, 5.41) is 9.81. The van der Waals surface area contributed by atoms with Crippen LogP contribution in [0.25, 0.3) is 16.9 Å². The topological polar surface area (TPSA) is 93.3 Å². The minimum Gasteiger partial charge on any atom is -0.347 e. The van der Waals surface area contributed by atoms with E-state index in [1.54, 1.807) is 19.2 Å². The molecular formula is C23H24N6O2. The summed E-state index contributed by atoms with van der Waals surface area (Å²) in [5.41, 5.74) is 3.12. The number of rotatable bonds is 4. The first-order valence-corrected chi connectivity index (χ1v) is 9.91. The Morgan fingerprint density at radius 3 is 2.48 bits per heavy atom. The van der Waals surface area contributed by atoms with Gasteiger partial charge in [-0.2, -0.15) is 5.10 Å². The lowest BCUT2D eigenvalue weighted by atomic mass is 10.1. The fourth-order valence-corrected chi connectivity index (χ4v) is 3.28. The van der Waals surface area contributed by atoms with E-state index in [4.69, 9.17) is 0 Å². The largest absolute Gasteiger partial charge is 0.347 e. The van der Waals surface area contributed by atoms with Crippen LogP contribution >= 0.6 is 0 Å². The molecule has 0 atom stereocenters. The molecule has 0 radical (unpaired) electrons. The van der Waals surface area contributed by atoms with Gasteiger partial charge in [0.05, 0.1) is 17.5 Å². The Bertz CT molecular complexity index is 1260. The van der Waals surface area contributed by atoms with E-state index in [2.05, 4.69) is 20.7 Å². The molecule has 4 aromatic rings. The monoisotopic (exact) mass is 416 g/mol. The summed E-state index contributed by atoms with van der Waals surface area (Å²) in [6, 6.07) is 13.5. The highest BCUT2D eigenvalue weighted by atomic mass is 16.2. The van der Waals surface area contributed by atoms with Gasteiger partial charge in [0.15, 0.2) is 0 Å². The molecule has 8 heteroatoms. The number of benzene rings is 1. The lowest BCUT2D eigenvalue weighted by Crippen LogP contribution is -2.41. The molecule has 4 rings (SSSR count). The number of aryl methyl sites for hydroxylation is 1. The molecule has 0 spiro atoms. The van der Waals surface area contributed by atoms with Crippen LogP contribution in [-0.2, 0) is 7.05 Å². The Morgan fingerprint density at radius 1 is 1.03 bits per heavy atom. The van der Waals surface area contributed by atoms with Gasteiger partial charge in [-0.25, -0.2) is 4.98 Å². The second kappa shape index (κ2) is 7.71. The van der Waals surface area contributed by atoms with Crippen LogP contribution < -0.4 is 10.6 Å². The Balaban J connectivity index is 1.59. The zero-order chi connectivity index (χ0) is 22.2. The molecule has 3 aromatic heterocycles. The summed E-state index contributed by atoms with van der Waals surface area (Å²) >= 11 is 0. The molecule has 0 saturated heterocycles. The molecule has 0 bridgehead atoms. The highest BCUT2D eigenvalue weighted by Gasteiger charge is 2.25. The maximum atomic E-state index is 13.0. The summed E-state index contributed by atoms with van der Waals surface area (Å²) in [7, 11) is 1.63. The van der Waals surface area contributed by atoms with Gasteiger partial charge in [0.25, 0.3) is 11.8 Å². The summed E-state index contributed by atoms with van der Waals surface area (Å²) in [6.45, 7) is 5.64. The van der Waals surface area contributed by atoms with Crippen LogP contribution in [0.4, 0.5) is 5.69 Å². The van der Waals surface area contributed by atoms with Gasteiger partial charge in [-0.1, -0.05) is 30.3 Å². The zero-order valence-electron chi connectivity index (χ0n) is 17.9. The molecule has 1 aromatic carbocycles. The van der Waals surface area contributed by atoms with Gasteiger partial charge in [0.1, 0.15) is 11.3 Å². The Labute approximate surface area is 179 Å². The van der Waals surface area contributed by atoms with Gasteiger partial charge in [0.2, 0.25) is 0 Å². The number of nitrogens with one attached hydrogen (secondary N) is 2. The number of amides is 2. The van der Waals surface area contributed by atoms with E-state index in [1.807, 2.05) is 67.9 Å². The molecule has 0 aliphatic rings. The summed E-state index contributed by atoms with van der Waals surface area (Å²) in [5.74, 6) is -0.764. The van der Waals surface area contributed by atoms with Crippen molar-refractivity contribution in [1.29, 1.82) is 0 Å². The Kier molecular flexibility index (Phi) is 5.06. The number of imidazole rings is 1. The van der Waals surface area contributed by atoms with Gasteiger partial charge >= 0.3 is 0 Å². The van der Waals surface area contributed by atoms with Crippen molar-refractivity contribution in [3.05, 3.63) is 72.3 Å². The Hall–Kier alpha value is -3.94. The molecule has 0 unspecified atom stereocenters. The highest BCUT2D eigenvalue weighted by molar-refractivity contribution is 6.11. The molecule has 0 aliphatic carbocycles. The predicted molar refractivity (Wildman–Crippen MR) is 119 cm³/mol. The van der Waals surface area contributed by atoms with E-state index >= 15 is 0 Å². The van der Waals surface area contributed by atoms with E-state index < -0.39 is 11.4 Å². The number of nitrogens with zero attached hydrogens (tertiary/aromatic N) is 4. The third-order valence-electron chi connectivity index (χ3n) is 4.67. The first-order valence-electron chi connectivity index (χ1n) is 9.91. The molecule has 2 amide bonds. The quantitative estimate of drug-likeness (QED) is 0.532. The SMILES string of the molecule is Cn1ncc(C(=O)NC(C)(C)C)c1C(=O)Nc1ccn2cc(-c3ccccc3)nc2c1. The van der Waals surface area contributed by atoms with Crippen LogP contribution in [0.2, 0.25) is 0 Å². The first kappa shape index (κ1) is 20.3. The average molecular weight is 416 g/mol. The molecule has 158 valence electrons. The first-order chi connectivity index (χ1) is 14.7. The second-order valence-corrected chi connectivity index (χ2v) is 8.36. The normalized spacial score (nSPS) is 11.5. The van der Waals surface area contributed by atoms with E-state index in [9.17, 15) is 9.59 Å². The number of hydrogen-bond donors (Lipinski definition) is 2. The lowest BCUT2D eigenvalue weighted by molar-refractivity contribution is 0.0908. The molecule has 0 aliphatic heterocycles. The van der Waals surface area contributed by atoms with Crippen molar-refractivity contribution in [3.63, 3.8) is 0 Å². The maximum absolute atomic E-state index is 13.0. The minimum absolute atomic E-state index is 0.190. The van der Waals surface area contributed by atoms with E-state index in [1.165, 1.54) is 10.9 Å². The number of anilines is 1. The molecule has 0 saturated carbocycles. The van der Waals surface area contributed by atoms with Crippen LogP contribution in [0.15, 0.2) is 61.1 Å². The summed E-state index contributed by atoms with van der Waals surface area (Å²) in [6.07, 6.45) is 5.17. The van der Waals surface area contributed by atoms with Crippen molar-refractivity contribution >= 4 is 23.1 Å². The zero-order valence-corrected chi connectivity index (χ0v) is 17.9. The number of carbonyl (C=O) groups is 2. The highest BCUT2D eigenvalue weighted by Crippen LogP contribution is 2.21. The van der Waals surface area contributed by atoms with E-state index in [0.717, 1.165) is 11.3 Å². The van der Waals surface area contributed by atoms with Crippen LogP contribution in [0, 0.1) is 0 Å². The molecule has 31 heavy (non-hydrogen) atoms. The van der Waals surface area contributed by atoms with Crippen LogP contribution in [0.3, 0.4) is 0 Å².